The highest BCUT2D eigenvalue weighted by atomic mass is 16.1. The molecule has 10 nitrogen and oxygen atoms in total. The molecule has 4 heterocycles. The fraction of sp³-hybridized carbons (Fsp3) is 0.467. The summed E-state index contributed by atoms with van der Waals surface area (Å²) in [5.41, 5.74) is 7.19. The second-order valence-electron chi connectivity index (χ2n) is 6.12. The van der Waals surface area contributed by atoms with Crippen molar-refractivity contribution >= 4 is 22.8 Å². The van der Waals surface area contributed by atoms with E-state index in [0.29, 0.717) is 5.65 Å². The molecule has 4 rings (SSSR count). The number of piperidine rings is 1. The Morgan fingerprint density at radius 2 is 2.16 bits per heavy atom. The molecule has 1 saturated heterocycles. The predicted octanol–water partition coefficient (Wildman–Crippen LogP) is 0.447. The van der Waals surface area contributed by atoms with Gasteiger partial charge in [-0.1, -0.05) is 12.1 Å². The number of hydrogen-bond donors (Lipinski definition) is 2. The van der Waals surface area contributed by atoms with Crippen molar-refractivity contribution in [1.29, 1.82) is 0 Å². The van der Waals surface area contributed by atoms with Gasteiger partial charge in [0.15, 0.2) is 11.3 Å². The Bertz CT molecular complexity index is 907. The van der Waals surface area contributed by atoms with Crippen LogP contribution in [0.4, 0.5) is 5.82 Å². The van der Waals surface area contributed by atoms with Gasteiger partial charge in [-0.3, -0.25) is 9.89 Å². The van der Waals surface area contributed by atoms with Gasteiger partial charge < -0.3 is 10.6 Å². The van der Waals surface area contributed by atoms with Gasteiger partial charge in [-0.25, -0.2) is 14.6 Å². The fourth-order valence-electron chi connectivity index (χ4n) is 3.30. The summed E-state index contributed by atoms with van der Waals surface area (Å²) in [6, 6.07) is 0.198. The zero-order chi connectivity index (χ0) is 17.4. The first-order chi connectivity index (χ1) is 12.2. The Balaban J connectivity index is 1.54. The Morgan fingerprint density at radius 1 is 1.36 bits per heavy atom. The lowest BCUT2D eigenvalue weighted by molar-refractivity contribution is 0.0995. The normalized spacial score (nSPS) is 15.8. The highest BCUT2D eigenvalue weighted by Gasteiger charge is 2.25. The van der Waals surface area contributed by atoms with Crippen LogP contribution in [0.1, 0.15) is 42.0 Å². The summed E-state index contributed by atoms with van der Waals surface area (Å²) in [6.07, 6.45) is 5.79. The number of rotatable bonds is 4. The van der Waals surface area contributed by atoms with E-state index >= 15 is 0 Å². The molecule has 0 radical (unpaired) electrons. The van der Waals surface area contributed by atoms with E-state index in [1.807, 2.05) is 0 Å². The summed E-state index contributed by atoms with van der Waals surface area (Å²) in [6.45, 7) is 3.74. The lowest BCUT2D eigenvalue weighted by atomic mass is 10.0. The largest absolute Gasteiger partial charge is 0.364 e. The molecule has 1 fully saturated rings. The molecule has 3 aromatic rings. The van der Waals surface area contributed by atoms with Crippen LogP contribution in [0, 0.1) is 0 Å². The number of aromatic nitrogens is 7. The smallest absolute Gasteiger partial charge is 0.270 e. The lowest BCUT2D eigenvalue weighted by Gasteiger charge is -2.32. The Labute approximate surface area is 143 Å². The SMILES string of the molecule is CCc1[nH]nc2ncnc(N3CCC(n4cc(C(N)=O)nn4)CC3)c12. The summed E-state index contributed by atoms with van der Waals surface area (Å²) in [5.74, 6) is 0.365. The molecule has 0 aliphatic carbocycles. The van der Waals surface area contributed by atoms with Crippen molar-refractivity contribution in [3.63, 3.8) is 0 Å². The van der Waals surface area contributed by atoms with Crippen molar-refractivity contribution in [3.05, 3.63) is 23.9 Å². The molecule has 0 aromatic carbocycles. The van der Waals surface area contributed by atoms with Crippen LogP contribution in [0.25, 0.3) is 11.0 Å². The van der Waals surface area contributed by atoms with Crippen LogP contribution in [-0.4, -0.2) is 54.2 Å². The Kier molecular flexibility index (Phi) is 3.79. The molecular weight excluding hydrogens is 322 g/mol. The summed E-state index contributed by atoms with van der Waals surface area (Å²) < 4.78 is 1.74. The van der Waals surface area contributed by atoms with Crippen LogP contribution in [0.15, 0.2) is 12.5 Å². The Hall–Kier alpha value is -3.04. The average molecular weight is 341 g/mol. The third-order valence-electron chi connectivity index (χ3n) is 4.66. The molecule has 1 amide bonds. The molecule has 1 aliphatic rings. The first-order valence-electron chi connectivity index (χ1n) is 8.32. The van der Waals surface area contributed by atoms with Gasteiger partial charge in [0.2, 0.25) is 0 Å². The van der Waals surface area contributed by atoms with Crippen LogP contribution in [-0.2, 0) is 6.42 Å². The maximum Gasteiger partial charge on any atom is 0.270 e. The van der Waals surface area contributed by atoms with E-state index in [1.54, 1.807) is 17.2 Å². The number of nitrogens with one attached hydrogen (secondary N) is 1. The van der Waals surface area contributed by atoms with Crippen molar-refractivity contribution in [2.75, 3.05) is 18.0 Å². The van der Waals surface area contributed by atoms with E-state index in [0.717, 1.165) is 49.2 Å². The average Bonchev–Trinajstić information content (AvgIpc) is 3.29. The minimum absolute atomic E-state index is 0.198. The van der Waals surface area contributed by atoms with Crippen molar-refractivity contribution in [2.24, 2.45) is 5.73 Å². The molecule has 10 heteroatoms. The van der Waals surface area contributed by atoms with E-state index in [1.165, 1.54) is 0 Å². The van der Waals surface area contributed by atoms with E-state index in [9.17, 15) is 4.79 Å². The van der Waals surface area contributed by atoms with Gasteiger partial charge in [0, 0.05) is 18.8 Å². The molecule has 3 aromatic heterocycles. The van der Waals surface area contributed by atoms with Gasteiger partial charge in [0.25, 0.3) is 5.91 Å². The monoisotopic (exact) mass is 341 g/mol. The van der Waals surface area contributed by atoms with Crippen LogP contribution in [0.5, 0.6) is 0 Å². The molecule has 0 saturated carbocycles. The third kappa shape index (κ3) is 2.69. The van der Waals surface area contributed by atoms with E-state index < -0.39 is 5.91 Å². The number of carbonyl (C=O) groups is 1. The number of nitrogens with zero attached hydrogens (tertiary/aromatic N) is 7. The van der Waals surface area contributed by atoms with Crippen molar-refractivity contribution in [2.45, 2.75) is 32.2 Å². The Morgan fingerprint density at radius 3 is 2.84 bits per heavy atom. The molecule has 3 N–H and O–H groups in total. The number of anilines is 1. The topological polar surface area (TPSA) is 132 Å². The zero-order valence-corrected chi connectivity index (χ0v) is 13.9. The maximum absolute atomic E-state index is 11.2. The van der Waals surface area contributed by atoms with Crippen LogP contribution >= 0.6 is 0 Å². The molecule has 0 unspecified atom stereocenters. The second-order valence-corrected chi connectivity index (χ2v) is 6.12. The number of fused-ring (bicyclic) bond motifs is 1. The van der Waals surface area contributed by atoms with Gasteiger partial charge in [0.1, 0.15) is 12.1 Å². The lowest BCUT2D eigenvalue weighted by Crippen LogP contribution is -2.35. The number of H-pyrrole nitrogens is 1. The molecule has 1 aliphatic heterocycles. The second kappa shape index (κ2) is 6.11. The van der Waals surface area contributed by atoms with Crippen molar-refractivity contribution in [1.82, 2.24) is 35.2 Å². The van der Waals surface area contributed by atoms with Gasteiger partial charge in [0.05, 0.1) is 17.6 Å². The molecular formula is C15H19N9O. The van der Waals surface area contributed by atoms with Gasteiger partial charge >= 0.3 is 0 Å². The van der Waals surface area contributed by atoms with Gasteiger partial charge in [-0.05, 0) is 19.3 Å². The highest BCUT2D eigenvalue weighted by Crippen LogP contribution is 2.30. The number of amides is 1. The number of hydrogen-bond acceptors (Lipinski definition) is 7. The summed E-state index contributed by atoms with van der Waals surface area (Å²) >= 11 is 0. The third-order valence-corrected chi connectivity index (χ3v) is 4.66. The molecule has 25 heavy (non-hydrogen) atoms. The summed E-state index contributed by atoms with van der Waals surface area (Å²) in [5, 5.41) is 16.2. The van der Waals surface area contributed by atoms with Crippen molar-refractivity contribution in [3.8, 4) is 0 Å². The van der Waals surface area contributed by atoms with Crippen molar-refractivity contribution < 1.29 is 4.79 Å². The van der Waals surface area contributed by atoms with Crippen LogP contribution in [0.3, 0.4) is 0 Å². The first kappa shape index (κ1) is 15.5. The quantitative estimate of drug-likeness (QED) is 0.704. The van der Waals surface area contributed by atoms with E-state index in [2.05, 4.69) is 42.3 Å². The zero-order valence-electron chi connectivity index (χ0n) is 13.9. The van der Waals surface area contributed by atoms with Gasteiger partial charge in [-0.15, -0.1) is 5.10 Å². The maximum atomic E-state index is 11.2. The minimum Gasteiger partial charge on any atom is -0.364 e. The first-order valence-corrected chi connectivity index (χ1v) is 8.32. The number of nitrogens with two attached hydrogens (primary N) is 1. The van der Waals surface area contributed by atoms with E-state index in [4.69, 9.17) is 5.73 Å². The summed E-state index contributed by atoms with van der Waals surface area (Å²) in [4.78, 5) is 22.2. The number of aromatic amines is 1. The predicted molar refractivity (Wildman–Crippen MR) is 90.1 cm³/mol. The highest BCUT2D eigenvalue weighted by molar-refractivity contribution is 5.90. The number of primary amides is 1. The van der Waals surface area contributed by atoms with Crippen LogP contribution < -0.4 is 10.6 Å². The van der Waals surface area contributed by atoms with Crippen LogP contribution in [0.2, 0.25) is 0 Å². The molecule has 0 bridgehead atoms. The fourth-order valence-corrected chi connectivity index (χ4v) is 3.30. The molecule has 0 atom stereocenters. The van der Waals surface area contributed by atoms with E-state index in [-0.39, 0.29) is 11.7 Å². The molecule has 130 valence electrons. The molecule has 0 spiro atoms. The van der Waals surface area contributed by atoms with Gasteiger partial charge in [-0.2, -0.15) is 5.10 Å². The minimum atomic E-state index is -0.556. The standard InChI is InChI=1S/C15H19N9O/c1-2-10-12-14(21-19-10)17-8-18-15(12)23-5-3-9(4-6-23)24-7-11(13(16)25)20-22-24/h7-9H,2-6H2,1H3,(H2,16,25)(H,17,18,19,21). The summed E-state index contributed by atoms with van der Waals surface area (Å²) in [7, 11) is 0. The number of carbonyl (C=O) groups excluding carboxylic acids is 1. The number of aryl methyl sites for hydroxylation is 1.